The van der Waals surface area contributed by atoms with Crippen molar-refractivity contribution in [3.63, 3.8) is 0 Å². The van der Waals surface area contributed by atoms with E-state index in [1.54, 1.807) is 6.08 Å². The Morgan fingerprint density at radius 3 is 1.18 bits per heavy atom. The molecule has 11 heteroatoms. The average Bonchev–Trinajstić information content (AvgIpc) is 3.11. The van der Waals surface area contributed by atoms with Crippen LogP contribution in [0.4, 0.5) is 0 Å². The zero-order valence-electron chi connectivity index (χ0n) is 57.3. The first-order chi connectivity index (χ1) is 43.7. The summed E-state index contributed by atoms with van der Waals surface area (Å²) in [6, 6.07) is -1.04. The maximum Gasteiger partial charge on any atom is 0.306 e. The lowest BCUT2D eigenvalue weighted by atomic mass is 9.99. The third-order valence-corrected chi connectivity index (χ3v) is 17.0. The maximum atomic E-state index is 13.5. The third kappa shape index (κ3) is 51.7. The number of unbranched alkanes of at least 4 members (excludes halogenated alkanes) is 35. The molecule has 0 aromatic heterocycles. The molecule has 8 atom stereocenters. The molecular formula is C78H137NO10. The van der Waals surface area contributed by atoms with Gasteiger partial charge in [0.1, 0.15) is 24.4 Å². The van der Waals surface area contributed by atoms with Crippen molar-refractivity contribution >= 4 is 11.9 Å². The first-order valence-corrected chi connectivity index (χ1v) is 37.0. The van der Waals surface area contributed by atoms with E-state index in [0.717, 1.165) is 109 Å². The van der Waals surface area contributed by atoms with Crippen molar-refractivity contribution in [2.24, 2.45) is 0 Å². The minimum absolute atomic E-state index is 0.116. The fraction of sp³-hybridized carbons (Fsp3) is 0.769. The quantitative estimate of drug-likeness (QED) is 0.0195. The SMILES string of the molecule is CCCCC/C=C\C/C=C\C/C=C\C/C=C\CCCCCCCCC(O)C(=O)NC(COC1OC(CO)C(O)C(O)C1OC(=O)CCCCCCCCCCCCCC/C=C\C/C=C\C/C=C\CCCCC)C(O)/C=C/CCCCCCCCCCCCC. The summed E-state index contributed by atoms with van der Waals surface area (Å²) in [7, 11) is 0. The van der Waals surface area contributed by atoms with Crippen molar-refractivity contribution in [2.45, 2.75) is 372 Å². The van der Waals surface area contributed by atoms with Gasteiger partial charge in [-0.15, -0.1) is 0 Å². The van der Waals surface area contributed by atoms with Gasteiger partial charge in [0.25, 0.3) is 0 Å². The number of aliphatic hydroxyl groups excluding tert-OH is 5. The zero-order chi connectivity index (χ0) is 64.6. The van der Waals surface area contributed by atoms with Gasteiger partial charge in [0.15, 0.2) is 12.4 Å². The number of carbonyl (C=O) groups excluding carboxylic acids is 2. The first-order valence-electron chi connectivity index (χ1n) is 37.0. The predicted octanol–water partition coefficient (Wildman–Crippen LogP) is 19.4. The second-order valence-electron chi connectivity index (χ2n) is 25.3. The molecule has 1 rings (SSSR count). The summed E-state index contributed by atoms with van der Waals surface area (Å²) in [5.74, 6) is -1.20. The summed E-state index contributed by atoms with van der Waals surface area (Å²) in [6.07, 6.45) is 77.2. The molecule has 1 aliphatic rings. The van der Waals surface area contributed by atoms with Gasteiger partial charge < -0.3 is 45.1 Å². The highest BCUT2D eigenvalue weighted by atomic mass is 16.7. The summed E-state index contributed by atoms with van der Waals surface area (Å²) in [5, 5.41) is 57.3. The molecule has 0 saturated carbocycles. The third-order valence-electron chi connectivity index (χ3n) is 17.0. The number of rotatable bonds is 63. The summed E-state index contributed by atoms with van der Waals surface area (Å²) in [6.45, 7) is 5.76. The molecule has 1 fully saturated rings. The number of amides is 1. The van der Waals surface area contributed by atoms with Crippen LogP contribution >= 0.6 is 0 Å². The number of nitrogens with one attached hydrogen (secondary N) is 1. The Hall–Kier alpha value is -3.42. The molecule has 11 nitrogen and oxygen atoms in total. The monoisotopic (exact) mass is 1250 g/mol. The Morgan fingerprint density at radius 1 is 0.438 bits per heavy atom. The van der Waals surface area contributed by atoms with E-state index in [0.29, 0.717) is 12.8 Å². The van der Waals surface area contributed by atoms with Crippen molar-refractivity contribution < 1.29 is 49.3 Å². The minimum atomic E-state index is -1.62. The van der Waals surface area contributed by atoms with Crippen LogP contribution in [0.15, 0.2) is 97.2 Å². The lowest BCUT2D eigenvalue weighted by Gasteiger charge is -2.41. The number of esters is 1. The fourth-order valence-electron chi connectivity index (χ4n) is 11.1. The highest BCUT2D eigenvalue weighted by Crippen LogP contribution is 2.26. The van der Waals surface area contributed by atoms with E-state index in [1.807, 2.05) is 6.08 Å². The average molecular weight is 1250 g/mol. The Bertz CT molecular complexity index is 1820. The lowest BCUT2D eigenvalue weighted by molar-refractivity contribution is -0.305. The van der Waals surface area contributed by atoms with Crippen LogP contribution < -0.4 is 5.32 Å². The summed E-state index contributed by atoms with van der Waals surface area (Å²) in [5.41, 5.74) is 0. The van der Waals surface area contributed by atoms with Crippen LogP contribution in [0.5, 0.6) is 0 Å². The smallest absolute Gasteiger partial charge is 0.306 e. The molecule has 0 aromatic carbocycles. The molecule has 0 aliphatic carbocycles. The molecule has 1 aliphatic heterocycles. The van der Waals surface area contributed by atoms with Crippen molar-refractivity contribution in [3.8, 4) is 0 Å². The Balaban J connectivity index is 2.58. The molecule has 0 aromatic rings. The standard InChI is InChI=1S/C78H137NO10/c1-4-7-10-13-16-19-22-25-27-29-31-33-35-36-37-39-41-43-45-48-51-54-57-60-63-66-73(83)89-76-75(85)74(84)72(67-80)88-78(76)87-68-69(70(81)64-61-58-55-52-49-46-24-21-18-15-12-9-6-3)79-77(86)71(82)65-62-59-56-53-50-47-44-42-40-38-34-32-30-28-26-23-20-17-14-11-8-5-2/h16-17,19-20,25-28,31-34,40,42,61,64,69-72,74-76,78,80-82,84-85H,4-15,18,21-24,29-30,35-39,41,43-60,62-63,65-68H2,1-3H3,(H,79,86)/b19-16-,20-17-,27-25-,28-26-,33-31-,34-32-,42-40-,64-61+. The second kappa shape index (κ2) is 64.7. The summed E-state index contributed by atoms with van der Waals surface area (Å²) in [4.78, 5) is 26.7. The van der Waals surface area contributed by atoms with E-state index in [9.17, 15) is 35.1 Å². The van der Waals surface area contributed by atoms with E-state index in [1.165, 1.54) is 167 Å². The highest BCUT2D eigenvalue weighted by Gasteiger charge is 2.47. The van der Waals surface area contributed by atoms with Gasteiger partial charge in [0.2, 0.25) is 5.91 Å². The van der Waals surface area contributed by atoms with E-state index in [4.69, 9.17) is 14.2 Å². The molecule has 0 spiro atoms. The number of aliphatic hydroxyl groups is 5. The van der Waals surface area contributed by atoms with Gasteiger partial charge in [0, 0.05) is 6.42 Å². The summed E-state index contributed by atoms with van der Waals surface area (Å²) >= 11 is 0. The van der Waals surface area contributed by atoms with Gasteiger partial charge in [-0.05, 0) is 109 Å². The number of allylic oxidation sites excluding steroid dienone is 15. The van der Waals surface area contributed by atoms with E-state index < -0.39 is 67.4 Å². The number of hydrogen-bond donors (Lipinski definition) is 6. The van der Waals surface area contributed by atoms with Crippen LogP contribution in [0.25, 0.3) is 0 Å². The molecule has 1 heterocycles. The van der Waals surface area contributed by atoms with Gasteiger partial charge >= 0.3 is 5.97 Å². The zero-order valence-corrected chi connectivity index (χ0v) is 57.3. The topological polar surface area (TPSA) is 175 Å². The maximum absolute atomic E-state index is 13.5. The van der Waals surface area contributed by atoms with Crippen LogP contribution in [-0.2, 0) is 23.8 Å². The molecule has 514 valence electrons. The van der Waals surface area contributed by atoms with Crippen LogP contribution in [0.3, 0.4) is 0 Å². The predicted molar refractivity (Wildman–Crippen MR) is 375 cm³/mol. The number of ether oxygens (including phenoxy) is 3. The molecular weight excluding hydrogens is 1110 g/mol. The van der Waals surface area contributed by atoms with Crippen molar-refractivity contribution in [1.29, 1.82) is 0 Å². The van der Waals surface area contributed by atoms with Crippen LogP contribution in [0, 0.1) is 0 Å². The normalized spacial score (nSPS) is 18.7. The van der Waals surface area contributed by atoms with Gasteiger partial charge in [-0.25, -0.2) is 0 Å². The second-order valence-corrected chi connectivity index (χ2v) is 25.3. The van der Waals surface area contributed by atoms with Crippen molar-refractivity contribution in [1.82, 2.24) is 5.32 Å². The van der Waals surface area contributed by atoms with Crippen LogP contribution in [0.1, 0.15) is 323 Å². The molecule has 6 N–H and O–H groups in total. The van der Waals surface area contributed by atoms with Gasteiger partial charge in [-0.2, -0.15) is 0 Å². The molecule has 1 amide bonds. The molecule has 89 heavy (non-hydrogen) atoms. The molecule has 8 unspecified atom stereocenters. The molecule has 0 bridgehead atoms. The van der Waals surface area contributed by atoms with Gasteiger partial charge in [-0.3, -0.25) is 9.59 Å². The van der Waals surface area contributed by atoms with E-state index in [-0.39, 0.29) is 19.4 Å². The van der Waals surface area contributed by atoms with E-state index >= 15 is 0 Å². The number of hydrogen-bond acceptors (Lipinski definition) is 10. The van der Waals surface area contributed by atoms with Crippen LogP contribution in [-0.4, -0.2) is 99.6 Å². The van der Waals surface area contributed by atoms with Crippen molar-refractivity contribution in [3.05, 3.63) is 97.2 Å². The Kier molecular flexibility index (Phi) is 60.7. The van der Waals surface area contributed by atoms with Crippen LogP contribution in [0.2, 0.25) is 0 Å². The highest BCUT2D eigenvalue weighted by molar-refractivity contribution is 5.80. The van der Waals surface area contributed by atoms with E-state index in [2.05, 4.69) is 111 Å². The Labute approximate surface area is 546 Å². The first kappa shape index (κ1) is 83.6. The molecule has 1 saturated heterocycles. The van der Waals surface area contributed by atoms with Gasteiger partial charge in [-0.1, -0.05) is 304 Å². The minimum Gasteiger partial charge on any atom is -0.454 e. The largest absolute Gasteiger partial charge is 0.454 e. The Morgan fingerprint density at radius 2 is 0.775 bits per heavy atom. The number of carbonyl (C=O) groups is 2. The lowest BCUT2D eigenvalue weighted by Crippen LogP contribution is -2.61. The summed E-state index contributed by atoms with van der Waals surface area (Å²) < 4.78 is 17.7. The fourth-order valence-corrected chi connectivity index (χ4v) is 11.1. The molecule has 0 radical (unpaired) electrons. The van der Waals surface area contributed by atoms with Crippen molar-refractivity contribution in [2.75, 3.05) is 13.2 Å². The van der Waals surface area contributed by atoms with Gasteiger partial charge in [0.05, 0.1) is 25.4 Å².